The van der Waals surface area contributed by atoms with Gasteiger partial charge < -0.3 is 15.4 Å². The second-order valence-corrected chi connectivity index (χ2v) is 5.95. The second kappa shape index (κ2) is 8.01. The van der Waals surface area contributed by atoms with Gasteiger partial charge in [0.1, 0.15) is 5.75 Å². The maximum absolute atomic E-state index is 5.46. The normalized spacial score (nSPS) is 16.5. The van der Waals surface area contributed by atoms with Crippen LogP contribution in [0, 0.1) is 13.8 Å². The van der Waals surface area contributed by atoms with Crippen LogP contribution in [-0.2, 0) is 6.54 Å². The van der Waals surface area contributed by atoms with E-state index in [2.05, 4.69) is 20.6 Å². The number of methoxy groups -OCH3 is 1. The van der Waals surface area contributed by atoms with E-state index in [0.717, 1.165) is 28.5 Å². The van der Waals surface area contributed by atoms with Gasteiger partial charge in [0.15, 0.2) is 5.96 Å². The molecule has 122 valence electrons. The summed E-state index contributed by atoms with van der Waals surface area (Å²) in [4.78, 5) is 8.84. The predicted octanol–water partition coefficient (Wildman–Crippen LogP) is 2.70. The van der Waals surface area contributed by atoms with E-state index in [-0.39, 0.29) is 0 Å². The summed E-state index contributed by atoms with van der Waals surface area (Å²) in [7, 11) is 3.52. The molecule has 0 aliphatic heterocycles. The number of hydrogen-bond donors (Lipinski definition) is 2. The molecule has 0 radical (unpaired) electrons. The summed E-state index contributed by atoms with van der Waals surface area (Å²) >= 11 is 0. The Balaban J connectivity index is 1.96. The highest BCUT2D eigenvalue weighted by molar-refractivity contribution is 5.79. The van der Waals surface area contributed by atoms with Crippen molar-refractivity contribution in [1.82, 2.24) is 15.6 Å². The molecule has 0 saturated heterocycles. The van der Waals surface area contributed by atoms with Gasteiger partial charge in [0.25, 0.3) is 0 Å². The monoisotopic (exact) mass is 304 g/mol. The molecule has 0 aromatic carbocycles. The Morgan fingerprint density at radius 2 is 2.05 bits per heavy atom. The minimum absolute atomic E-state index is 0.543. The molecule has 1 aliphatic carbocycles. The smallest absolute Gasteiger partial charge is 0.191 e. The Kier molecular flexibility index (Phi) is 6.04. The van der Waals surface area contributed by atoms with Crippen molar-refractivity contribution in [3.8, 4) is 5.75 Å². The molecule has 1 heterocycles. The number of aliphatic imine (C=N–C) groups is 1. The molecule has 1 aliphatic rings. The summed E-state index contributed by atoms with van der Waals surface area (Å²) in [6, 6.07) is 0.543. The molecule has 5 heteroatoms. The molecule has 0 unspecified atom stereocenters. The lowest BCUT2D eigenvalue weighted by Crippen LogP contribution is -2.44. The minimum atomic E-state index is 0.543. The summed E-state index contributed by atoms with van der Waals surface area (Å²) in [5, 5.41) is 6.88. The number of aromatic nitrogens is 1. The number of guanidine groups is 1. The summed E-state index contributed by atoms with van der Waals surface area (Å²) < 4.78 is 5.46. The van der Waals surface area contributed by atoms with Gasteiger partial charge >= 0.3 is 0 Å². The van der Waals surface area contributed by atoms with E-state index in [4.69, 9.17) is 4.74 Å². The topological polar surface area (TPSA) is 58.5 Å². The number of pyridine rings is 1. The first kappa shape index (κ1) is 16.6. The van der Waals surface area contributed by atoms with Gasteiger partial charge in [-0.25, -0.2) is 0 Å². The molecule has 22 heavy (non-hydrogen) atoms. The van der Waals surface area contributed by atoms with Crippen molar-refractivity contribution in [2.75, 3.05) is 14.2 Å². The van der Waals surface area contributed by atoms with Crippen molar-refractivity contribution < 1.29 is 4.74 Å². The van der Waals surface area contributed by atoms with Gasteiger partial charge in [0.2, 0.25) is 0 Å². The first-order chi connectivity index (χ1) is 10.7. The number of aryl methyl sites for hydroxylation is 1. The summed E-state index contributed by atoms with van der Waals surface area (Å²) in [6.45, 7) is 4.71. The summed E-state index contributed by atoms with van der Waals surface area (Å²) in [5.74, 6) is 1.77. The molecule has 0 spiro atoms. The first-order valence-corrected chi connectivity index (χ1v) is 8.12. The third-order valence-electron chi connectivity index (χ3n) is 4.34. The standard InChI is InChI=1S/C17H28N4O/c1-12-10-19-15(13(2)16(12)22-4)11-20-17(18-3)21-14-8-6-5-7-9-14/h10,14H,5-9,11H2,1-4H3,(H2,18,20,21). The fraction of sp³-hybridized carbons (Fsp3) is 0.647. The molecule has 0 bridgehead atoms. The van der Waals surface area contributed by atoms with Gasteiger partial charge in [0, 0.05) is 30.4 Å². The molecular formula is C17H28N4O. The Morgan fingerprint density at radius 1 is 1.32 bits per heavy atom. The maximum Gasteiger partial charge on any atom is 0.191 e. The highest BCUT2D eigenvalue weighted by atomic mass is 16.5. The fourth-order valence-corrected chi connectivity index (χ4v) is 3.05. The van der Waals surface area contributed by atoms with Crippen molar-refractivity contribution in [2.24, 2.45) is 4.99 Å². The van der Waals surface area contributed by atoms with Crippen LogP contribution in [0.25, 0.3) is 0 Å². The van der Waals surface area contributed by atoms with Gasteiger partial charge in [-0.05, 0) is 26.7 Å². The van der Waals surface area contributed by atoms with Gasteiger partial charge in [0.05, 0.1) is 19.3 Å². The van der Waals surface area contributed by atoms with Crippen LogP contribution in [0.1, 0.15) is 48.9 Å². The fourth-order valence-electron chi connectivity index (χ4n) is 3.05. The van der Waals surface area contributed by atoms with Crippen molar-refractivity contribution in [2.45, 2.75) is 58.5 Å². The van der Waals surface area contributed by atoms with Crippen LogP contribution < -0.4 is 15.4 Å². The van der Waals surface area contributed by atoms with Crippen LogP contribution in [0.15, 0.2) is 11.2 Å². The van der Waals surface area contributed by atoms with Crippen LogP contribution in [-0.4, -0.2) is 31.1 Å². The second-order valence-electron chi connectivity index (χ2n) is 5.95. The van der Waals surface area contributed by atoms with E-state index >= 15 is 0 Å². The van der Waals surface area contributed by atoms with Crippen LogP contribution in [0.4, 0.5) is 0 Å². The van der Waals surface area contributed by atoms with E-state index in [1.54, 1.807) is 7.11 Å². The Morgan fingerprint density at radius 3 is 2.68 bits per heavy atom. The maximum atomic E-state index is 5.46. The number of ether oxygens (including phenoxy) is 1. The van der Waals surface area contributed by atoms with Crippen LogP contribution in [0.2, 0.25) is 0 Å². The van der Waals surface area contributed by atoms with Crippen LogP contribution in [0.3, 0.4) is 0 Å². The molecule has 0 amide bonds. The summed E-state index contributed by atoms with van der Waals surface area (Å²) in [6.07, 6.45) is 8.30. The molecule has 5 nitrogen and oxygen atoms in total. The largest absolute Gasteiger partial charge is 0.496 e. The molecule has 1 aromatic rings. The highest BCUT2D eigenvalue weighted by Gasteiger charge is 2.15. The number of hydrogen-bond acceptors (Lipinski definition) is 3. The number of nitrogens with zero attached hydrogens (tertiary/aromatic N) is 2. The average molecular weight is 304 g/mol. The average Bonchev–Trinajstić information content (AvgIpc) is 2.54. The lowest BCUT2D eigenvalue weighted by molar-refractivity contribution is 0.406. The van der Waals surface area contributed by atoms with Gasteiger partial charge in [-0.15, -0.1) is 0 Å². The predicted molar refractivity (Wildman–Crippen MR) is 90.5 cm³/mol. The van der Waals surface area contributed by atoms with E-state index in [1.165, 1.54) is 32.1 Å². The summed E-state index contributed by atoms with van der Waals surface area (Å²) in [5.41, 5.74) is 3.14. The zero-order chi connectivity index (χ0) is 15.9. The van der Waals surface area contributed by atoms with E-state index in [9.17, 15) is 0 Å². The molecule has 0 atom stereocenters. The Bertz CT molecular complexity index is 522. The molecule has 1 fully saturated rings. The zero-order valence-electron chi connectivity index (χ0n) is 14.2. The van der Waals surface area contributed by atoms with Crippen molar-refractivity contribution in [1.29, 1.82) is 0 Å². The molecular weight excluding hydrogens is 276 g/mol. The van der Waals surface area contributed by atoms with E-state index in [0.29, 0.717) is 12.6 Å². The number of rotatable bonds is 4. The molecule has 1 saturated carbocycles. The van der Waals surface area contributed by atoms with Crippen molar-refractivity contribution in [3.05, 3.63) is 23.0 Å². The quantitative estimate of drug-likeness (QED) is 0.663. The third-order valence-corrected chi connectivity index (χ3v) is 4.34. The van der Waals surface area contributed by atoms with Gasteiger partial charge in [-0.1, -0.05) is 19.3 Å². The van der Waals surface area contributed by atoms with Gasteiger partial charge in [-0.3, -0.25) is 9.98 Å². The molecule has 2 rings (SSSR count). The van der Waals surface area contributed by atoms with Crippen molar-refractivity contribution >= 4 is 5.96 Å². The SMILES string of the molecule is CN=C(NCc1ncc(C)c(OC)c1C)NC1CCCCC1. The molecule has 2 N–H and O–H groups in total. The van der Waals surface area contributed by atoms with Crippen LogP contribution in [0.5, 0.6) is 5.75 Å². The lowest BCUT2D eigenvalue weighted by atomic mass is 9.96. The zero-order valence-corrected chi connectivity index (χ0v) is 14.2. The van der Waals surface area contributed by atoms with E-state index in [1.807, 2.05) is 27.1 Å². The Labute approximate surface area is 133 Å². The van der Waals surface area contributed by atoms with Crippen LogP contribution >= 0.6 is 0 Å². The third kappa shape index (κ3) is 4.12. The number of nitrogens with one attached hydrogen (secondary N) is 2. The Hall–Kier alpha value is -1.78. The lowest BCUT2D eigenvalue weighted by Gasteiger charge is -2.25. The highest BCUT2D eigenvalue weighted by Crippen LogP contribution is 2.23. The minimum Gasteiger partial charge on any atom is -0.496 e. The molecule has 1 aromatic heterocycles. The first-order valence-electron chi connectivity index (χ1n) is 8.12. The van der Waals surface area contributed by atoms with Gasteiger partial charge in [-0.2, -0.15) is 0 Å². The van der Waals surface area contributed by atoms with Crippen molar-refractivity contribution in [3.63, 3.8) is 0 Å². The van der Waals surface area contributed by atoms with E-state index < -0.39 is 0 Å².